The van der Waals surface area contributed by atoms with Gasteiger partial charge in [0.15, 0.2) is 0 Å². The molecule has 0 aliphatic heterocycles. The van der Waals surface area contributed by atoms with Crippen LogP contribution in [-0.4, -0.2) is 6.29 Å². The van der Waals surface area contributed by atoms with Gasteiger partial charge in [0.05, 0.1) is 0 Å². The molecule has 0 aromatic heterocycles. The van der Waals surface area contributed by atoms with Crippen LogP contribution < -0.4 is 0 Å². The standard InChI is InChI=1S/C10H16O/c1-7-4-8(2)9(3)10(5-7)6-11/h5-9H,4H2,1-3H3. The topological polar surface area (TPSA) is 17.1 Å². The van der Waals surface area contributed by atoms with Crippen molar-refractivity contribution in [3.63, 3.8) is 0 Å². The normalized spacial score (nSPS) is 38.1. The Morgan fingerprint density at radius 1 is 1.45 bits per heavy atom. The molecule has 1 nitrogen and oxygen atoms in total. The zero-order valence-corrected chi connectivity index (χ0v) is 7.50. The first kappa shape index (κ1) is 8.51. The Balaban J connectivity index is 2.80. The number of rotatable bonds is 1. The van der Waals surface area contributed by atoms with E-state index >= 15 is 0 Å². The van der Waals surface area contributed by atoms with Crippen LogP contribution in [0.5, 0.6) is 0 Å². The number of allylic oxidation sites excluding steroid dienone is 2. The first-order valence-corrected chi connectivity index (χ1v) is 4.32. The molecule has 1 rings (SSSR count). The average Bonchev–Trinajstić information content (AvgIpc) is 1.96. The lowest BCUT2D eigenvalue weighted by atomic mass is 9.77. The average molecular weight is 152 g/mol. The summed E-state index contributed by atoms with van der Waals surface area (Å²) < 4.78 is 0. The van der Waals surface area contributed by atoms with Gasteiger partial charge in [-0.2, -0.15) is 0 Å². The summed E-state index contributed by atoms with van der Waals surface area (Å²) in [5.74, 6) is 1.71. The van der Waals surface area contributed by atoms with Crippen molar-refractivity contribution in [3.8, 4) is 0 Å². The quantitative estimate of drug-likeness (QED) is 0.527. The fourth-order valence-electron chi connectivity index (χ4n) is 1.81. The molecular weight excluding hydrogens is 136 g/mol. The Bertz CT molecular complexity index is 181. The van der Waals surface area contributed by atoms with Crippen LogP contribution >= 0.6 is 0 Å². The Hall–Kier alpha value is -0.590. The highest BCUT2D eigenvalue weighted by atomic mass is 16.1. The second kappa shape index (κ2) is 3.21. The van der Waals surface area contributed by atoms with Crippen molar-refractivity contribution >= 4 is 6.29 Å². The number of hydrogen-bond donors (Lipinski definition) is 0. The van der Waals surface area contributed by atoms with E-state index in [1.54, 1.807) is 0 Å². The molecule has 0 spiro atoms. The summed E-state index contributed by atoms with van der Waals surface area (Å²) >= 11 is 0. The Kier molecular flexibility index (Phi) is 2.48. The fraction of sp³-hybridized carbons (Fsp3) is 0.700. The third-order valence-electron chi connectivity index (χ3n) is 2.74. The molecule has 0 saturated carbocycles. The van der Waals surface area contributed by atoms with Gasteiger partial charge in [-0.1, -0.05) is 26.8 Å². The summed E-state index contributed by atoms with van der Waals surface area (Å²) in [5, 5.41) is 0. The van der Waals surface area contributed by atoms with Gasteiger partial charge in [-0.3, -0.25) is 4.79 Å². The molecule has 1 aliphatic rings. The maximum atomic E-state index is 10.6. The fourth-order valence-corrected chi connectivity index (χ4v) is 1.81. The highest BCUT2D eigenvalue weighted by molar-refractivity contribution is 5.74. The van der Waals surface area contributed by atoms with Crippen molar-refractivity contribution in [1.29, 1.82) is 0 Å². The predicted molar refractivity (Wildman–Crippen MR) is 46.3 cm³/mol. The first-order chi connectivity index (χ1) is 5.15. The SMILES string of the molecule is CC1C=C(C=O)C(C)C(C)C1. The third kappa shape index (κ3) is 1.70. The summed E-state index contributed by atoms with van der Waals surface area (Å²) in [6, 6.07) is 0. The molecular formula is C10H16O. The summed E-state index contributed by atoms with van der Waals surface area (Å²) in [4.78, 5) is 10.6. The van der Waals surface area contributed by atoms with Crippen LogP contribution in [0.4, 0.5) is 0 Å². The van der Waals surface area contributed by atoms with Crippen molar-refractivity contribution in [2.45, 2.75) is 27.2 Å². The van der Waals surface area contributed by atoms with Crippen LogP contribution in [0.2, 0.25) is 0 Å². The minimum Gasteiger partial charge on any atom is -0.298 e. The Morgan fingerprint density at radius 2 is 2.09 bits per heavy atom. The van der Waals surface area contributed by atoms with Crippen LogP contribution in [0.25, 0.3) is 0 Å². The van der Waals surface area contributed by atoms with Gasteiger partial charge in [0.2, 0.25) is 0 Å². The lowest BCUT2D eigenvalue weighted by molar-refractivity contribution is -0.105. The summed E-state index contributed by atoms with van der Waals surface area (Å²) in [6.07, 6.45) is 4.34. The van der Waals surface area contributed by atoms with E-state index in [2.05, 4.69) is 26.8 Å². The van der Waals surface area contributed by atoms with Crippen LogP contribution in [0.3, 0.4) is 0 Å². The van der Waals surface area contributed by atoms with Crippen molar-refractivity contribution < 1.29 is 4.79 Å². The number of aldehydes is 1. The molecule has 0 bridgehead atoms. The molecule has 1 aliphatic carbocycles. The zero-order chi connectivity index (χ0) is 8.43. The lowest BCUT2D eigenvalue weighted by Gasteiger charge is -2.27. The Labute approximate surface area is 68.5 Å². The minimum absolute atomic E-state index is 0.462. The van der Waals surface area contributed by atoms with Gasteiger partial charge in [-0.15, -0.1) is 0 Å². The van der Waals surface area contributed by atoms with E-state index in [-0.39, 0.29) is 0 Å². The van der Waals surface area contributed by atoms with E-state index in [9.17, 15) is 4.79 Å². The van der Waals surface area contributed by atoms with E-state index in [0.717, 1.165) is 11.9 Å². The predicted octanol–water partition coefficient (Wildman–Crippen LogP) is 2.42. The van der Waals surface area contributed by atoms with Gasteiger partial charge in [0.25, 0.3) is 0 Å². The molecule has 0 aromatic rings. The van der Waals surface area contributed by atoms with Gasteiger partial charge in [0.1, 0.15) is 6.29 Å². The second-order valence-corrected chi connectivity index (χ2v) is 3.76. The molecule has 0 aromatic carbocycles. The third-order valence-corrected chi connectivity index (χ3v) is 2.74. The van der Waals surface area contributed by atoms with Crippen molar-refractivity contribution in [2.75, 3.05) is 0 Å². The van der Waals surface area contributed by atoms with Gasteiger partial charge in [-0.25, -0.2) is 0 Å². The molecule has 0 saturated heterocycles. The number of carbonyl (C=O) groups excluding carboxylic acids is 1. The largest absolute Gasteiger partial charge is 0.298 e. The molecule has 1 heteroatoms. The summed E-state index contributed by atoms with van der Waals surface area (Å²) in [5.41, 5.74) is 0.997. The summed E-state index contributed by atoms with van der Waals surface area (Å²) in [7, 11) is 0. The molecule has 0 fully saturated rings. The molecule has 0 radical (unpaired) electrons. The zero-order valence-electron chi connectivity index (χ0n) is 7.50. The van der Waals surface area contributed by atoms with Crippen LogP contribution in [0.1, 0.15) is 27.2 Å². The lowest BCUT2D eigenvalue weighted by Crippen LogP contribution is -2.19. The van der Waals surface area contributed by atoms with E-state index in [1.807, 2.05) is 0 Å². The van der Waals surface area contributed by atoms with E-state index in [4.69, 9.17) is 0 Å². The second-order valence-electron chi connectivity index (χ2n) is 3.76. The Morgan fingerprint density at radius 3 is 2.64 bits per heavy atom. The van der Waals surface area contributed by atoms with Gasteiger partial charge in [-0.05, 0) is 29.7 Å². The van der Waals surface area contributed by atoms with Crippen LogP contribution in [0, 0.1) is 17.8 Å². The van der Waals surface area contributed by atoms with Gasteiger partial charge >= 0.3 is 0 Å². The van der Waals surface area contributed by atoms with Crippen LogP contribution in [-0.2, 0) is 4.79 Å². The van der Waals surface area contributed by atoms with E-state index < -0.39 is 0 Å². The first-order valence-electron chi connectivity index (χ1n) is 4.32. The van der Waals surface area contributed by atoms with Gasteiger partial charge in [0, 0.05) is 0 Å². The molecule has 0 N–H and O–H groups in total. The van der Waals surface area contributed by atoms with Crippen molar-refractivity contribution in [1.82, 2.24) is 0 Å². The molecule has 3 atom stereocenters. The highest BCUT2D eigenvalue weighted by Crippen LogP contribution is 2.31. The molecule has 11 heavy (non-hydrogen) atoms. The molecule has 0 heterocycles. The van der Waals surface area contributed by atoms with Crippen molar-refractivity contribution in [2.24, 2.45) is 17.8 Å². The number of carbonyl (C=O) groups is 1. The molecule has 3 unspecified atom stereocenters. The highest BCUT2D eigenvalue weighted by Gasteiger charge is 2.22. The monoisotopic (exact) mass is 152 g/mol. The maximum absolute atomic E-state index is 10.6. The number of hydrogen-bond acceptors (Lipinski definition) is 1. The minimum atomic E-state index is 0.462. The smallest absolute Gasteiger partial charge is 0.145 e. The van der Waals surface area contributed by atoms with E-state index in [0.29, 0.717) is 17.8 Å². The molecule has 0 amide bonds. The molecule has 62 valence electrons. The van der Waals surface area contributed by atoms with Crippen molar-refractivity contribution in [3.05, 3.63) is 11.6 Å². The van der Waals surface area contributed by atoms with Crippen LogP contribution in [0.15, 0.2) is 11.6 Å². The summed E-state index contributed by atoms with van der Waals surface area (Å²) in [6.45, 7) is 6.53. The van der Waals surface area contributed by atoms with E-state index in [1.165, 1.54) is 6.42 Å². The maximum Gasteiger partial charge on any atom is 0.145 e. The van der Waals surface area contributed by atoms with Gasteiger partial charge < -0.3 is 0 Å².